The third-order valence-corrected chi connectivity index (χ3v) is 3.87. The summed E-state index contributed by atoms with van der Waals surface area (Å²) < 4.78 is 0. The fourth-order valence-corrected chi connectivity index (χ4v) is 2.75. The average molecular weight is 268 g/mol. The summed E-state index contributed by atoms with van der Waals surface area (Å²) in [4.78, 5) is 21.4. The number of nitrogens with one attached hydrogen (secondary N) is 1. The number of rotatable bonds is 2. The monoisotopic (exact) mass is 268 g/mol. The maximum absolute atomic E-state index is 11.7. The molecule has 0 aliphatic carbocycles. The molecule has 1 aromatic carbocycles. The van der Waals surface area contributed by atoms with Crippen LogP contribution in [0.5, 0.6) is 0 Å². The van der Waals surface area contributed by atoms with Gasteiger partial charge >= 0.3 is 0 Å². The Morgan fingerprint density at radius 2 is 2.15 bits per heavy atom. The van der Waals surface area contributed by atoms with E-state index in [4.69, 9.17) is 5.26 Å². The minimum Gasteiger partial charge on any atom is -0.342 e. The predicted molar refractivity (Wildman–Crippen MR) is 74.9 cm³/mol. The van der Waals surface area contributed by atoms with Gasteiger partial charge in [0.2, 0.25) is 5.91 Å². The van der Waals surface area contributed by atoms with Crippen molar-refractivity contribution < 1.29 is 4.79 Å². The molecule has 1 aromatic heterocycles. The van der Waals surface area contributed by atoms with Gasteiger partial charge in [-0.25, -0.2) is 4.98 Å². The summed E-state index contributed by atoms with van der Waals surface area (Å²) >= 11 is 0. The highest BCUT2D eigenvalue weighted by Crippen LogP contribution is 2.27. The topological polar surface area (TPSA) is 72.8 Å². The van der Waals surface area contributed by atoms with Crippen molar-refractivity contribution in [1.82, 2.24) is 14.9 Å². The largest absolute Gasteiger partial charge is 0.342 e. The van der Waals surface area contributed by atoms with Crippen molar-refractivity contribution in [2.24, 2.45) is 0 Å². The summed E-state index contributed by atoms with van der Waals surface area (Å²) in [7, 11) is 0. The number of nitriles is 1. The van der Waals surface area contributed by atoms with Crippen molar-refractivity contribution in [3.63, 3.8) is 0 Å². The summed E-state index contributed by atoms with van der Waals surface area (Å²) in [5.41, 5.74) is 2.05. The van der Waals surface area contributed by atoms with Gasteiger partial charge in [0.25, 0.3) is 0 Å². The van der Waals surface area contributed by atoms with Crippen LogP contribution in [0.3, 0.4) is 0 Å². The second-order valence-corrected chi connectivity index (χ2v) is 5.13. The van der Waals surface area contributed by atoms with Crippen molar-refractivity contribution in [2.45, 2.75) is 25.2 Å². The van der Waals surface area contributed by atoms with Crippen LogP contribution in [0.4, 0.5) is 0 Å². The van der Waals surface area contributed by atoms with Crippen LogP contribution in [0.1, 0.15) is 31.0 Å². The molecule has 0 spiro atoms. The van der Waals surface area contributed by atoms with Crippen LogP contribution in [0.15, 0.2) is 24.3 Å². The van der Waals surface area contributed by atoms with Crippen LogP contribution >= 0.6 is 0 Å². The molecule has 3 rings (SSSR count). The van der Waals surface area contributed by atoms with Gasteiger partial charge in [-0.3, -0.25) is 4.79 Å². The number of fused-ring (bicyclic) bond motifs is 1. The number of carbonyl (C=O) groups excluding carboxylic acids is 1. The molecular weight excluding hydrogens is 252 g/mol. The zero-order valence-electron chi connectivity index (χ0n) is 11.2. The van der Waals surface area contributed by atoms with Gasteiger partial charge in [0.1, 0.15) is 12.2 Å². The number of benzene rings is 1. The standard InChI is InChI=1S/C15H16N4O/c16-8-5-14(20)19-9-6-11(7-10-19)15-17-12-3-1-2-4-13(12)18-15/h1-4,11H,5-7,9-10H2,(H,17,18). The molecule has 1 fully saturated rings. The van der Waals surface area contributed by atoms with Crippen molar-refractivity contribution in [3.05, 3.63) is 30.1 Å². The molecule has 0 saturated carbocycles. The number of nitrogens with zero attached hydrogens (tertiary/aromatic N) is 3. The first kappa shape index (κ1) is 12.7. The van der Waals surface area contributed by atoms with Crippen LogP contribution in [-0.2, 0) is 4.79 Å². The van der Waals surface area contributed by atoms with Crippen LogP contribution in [0.2, 0.25) is 0 Å². The maximum atomic E-state index is 11.7. The Labute approximate surface area is 117 Å². The summed E-state index contributed by atoms with van der Waals surface area (Å²) in [6, 6.07) is 9.92. The van der Waals surface area contributed by atoms with Gasteiger partial charge in [0.15, 0.2) is 0 Å². The van der Waals surface area contributed by atoms with Crippen LogP contribution in [-0.4, -0.2) is 33.9 Å². The Kier molecular flexibility index (Phi) is 3.38. The minimum absolute atomic E-state index is 0.0185. The van der Waals surface area contributed by atoms with Crippen LogP contribution < -0.4 is 0 Å². The van der Waals surface area contributed by atoms with E-state index in [0.29, 0.717) is 19.0 Å². The molecule has 5 nitrogen and oxygen atoms in total. The van der Waals surface area contributed by atoms with Gasteiger partial charge in [-0.05, 0) is 25.0 Å². The van der Waals surface area contributed by atoms with Crippen molar-refractivity contribution in [2.75, 3.05) is 13.1 Å². The fraction of sp³-hybridized carbons (Fsp3) is 0.400. The quantitative estimate of drug-likeness (QED) is 0.907. The number of hydrogen-bond acceptors (Lipinski definition) is 3. The van der Waals surface area contributed by atoms with Gasteiger partial charge in [0, 0.05) is 19.0 Å². The lowest BCUT2D eigenvalue weighted by Gasteiger charge is -2.30. The highest BCUT2D eigenvalue weighted by molar-refractivity contribution is 5.78. The van der Waals surface area contributed by atoms with Gasteiger partial charge in [0.05, 0.1) is 17.1 Å². The van der Waals surface area contributed by atoms with Crippen LogP contribution in [0, 0.1) is 11.3 Å². The molecule has 1 saturated heterocycles. The molecule has 1 amide bonds. The molecule has 0 bridgehead atoms. The van der Waals surface area contributed by atoms with E-state index in [-0.39, 0.29) is 12.3 Å². The molecule has 0 atom stereocenters. The van der Waals surface area contributed by atoms with Crippen molar-refractivity contribution in [3.8, 4) is 6.07 Å². The summed E-state index contributed by atoms with van der Waals surface area (Å²) in [6.07, 6.45) is 1.78. The molecule has 20 heavy (non-hydrogen) atoms. The maximum Gasteiger partial charge on any atom is 0.236 e. The molecule has 102 valence electrons. The zero-order chi connectivity index (χ0) is 13.9. The van der Waals surface area contributed by atoms with E-state index < -0.39 is 0 Å². The lowest BCUT2D eigenvalue weighted by molar-refractivity contribution is -0.131. The Morgan fingerprint density at radius 3 is 2.85 bits per heavy atom. The van der Waals surface area contributed by atoms with E-state index in [1.165, 1.54) is 0 Å². The summed E-state index contributed by atoms with van der Waals surface area (Å²) in [6.45, 7) is 1.42. The summed E-state index contributed by atoms with van der Waals surface area (Å²) in [5, 5.41) is 8.57. The van der Waals surface area contributed by atoms with Gasteiger partial charge in [-0.1, -0.05) is 12.1 Å². The van der Waals surface area contributed by atoms with Crippen LogP contribution in [0.25, 0.3) is 11.0 Å². The Hall–Kier alpha value is -2.35. The number of aromatic nitrogens is 2. The SMILES string of the molecule is N#CCC(=O)N1CCC(c2nc3ccccc3[nH]2)CC1. The molecule has 0 radical (unpaired) electrons. The fourth-order valence-electron chi connectivity index (χ4n) is 2.75. The normalized spacial score (nSPS) is 16.2. The number of likely N-dealkylation sites (tertiary alicyclic amines) is 1. The van der Waals surface area contributed by atoms with Crippen molar-refractivity contribution >= 4 is 16.9 Å². The molecule has 0 unspecified atom stereocenters. The molecule has 1 aliphatic rings. The van der Waals surface area contributed by atoms with E-state index in [1.807, 2.05) is 30.3 Å². The number of aromatic amines is 1. The number of para-hydroxylation sites is 2. The van der Waals surface area contributed by atoms with E-state index in [0.717, 1.165) is 29.7 Å². The first-order valence-electron chi connectivity index (χ1n) is 6.87. The zero-order valence-corrected chi connectivity index (χ0v) is 11.2. The summed E-state index contributed by atoms with van der Waals surface area (Å²) in [5.74, 6) is 1.32. The number of H-pyrrole nitrogens is 1. The molecule has 1 aliphatic heterocycles. The lowest BCUT2D eigenvalue weighted by atomic mass is 9.96. The predicted octanol–water partition coefficient (Wildman–Crippen LogP) is 2.18. The third kappa shape index (κ3) is 2.37. The van der Waals surface area contributed by atoms with E-state index >= 15 is 0 Å². The van der Waals surface area contributed by atoms with Gasteiger partial charge in [-0.2, -0.15) is 5.26 Å². The number of amides is 1. The Balaban J connectivity index is 1.69. The van der Waals surface area contributed by atoms with E-state index in [2.05, 4.69) is 9.97 Å². The van der Waals surface area contributed by atoms with Crippen molar-refractivity contribution in [1.29, 1.82) is 5.26 Å². The molecule has 2 aromatic rings. The molecular formula is C15H16N4O. The highest BCUT2D eigenvalue weighted by Gasteiger charge is 2.25. The molecule has 1 N–H and O–H groups in total. The molecule has 2 heterocycles. The van der Waals surface area contributed by atoms with Gasteiger partial charge < -0.3 is 9.88 Å². The first-order chi connectivity index (χ1) is 9.78. The second-order valence-electron chi connectivity index (χ2n) is 5.13. The number of hydrogen-bond donors (Lipinski definition) is 1. The average Bonchev–Trinajstić information content (AvgIpc) is 2.91. The number of piperidine rings is 1. The highest BCUT2D eigenvalue weighted by atomic mass is 16.2. The Morgan fingerprint density at radius 1 is 1.40 bits per heavy atom. The lowest BCUT2D eigenvalue weighted by Crippen LogP contribution is -2.37. The number of carbonyl (C=O) groups is 1. The van der Waals surface area contributed by atoms with E-state index in [9.17, 15) is 4.79 Å². The Bertz CT molecular complexity index is 629. The first-order valence-corrected chi connectivity index (χ1v) is 6.87. The molecule has 5 heteroatoms. The number of imidazole rings is 1. The second kappa shape index (κ2) is 5.33. The smallest absolute Gasteiger partial charge is 0.236 e. The third-order valence-electron chi connectivity index (χ3n) is 3.87. The van der Waals surface area contributed by atoms with Gasteiger partial charge in [-0.15, -0.1) is 0 Å². The van der Waals surface area contributed by atoms with E-state index in [1.54, 1.807) is 4.90 Å². The minimum atomic E-state index is -0.0597.